The minimum absolute atomic E-state index is 0.569. The Morgan fingerprint density at radius 3 is 2.62 bits per heavy atom. The van der Waals surface area contributed by atoms with Gasteiger partial charge in [-0.1, -0.05) is 48.4 Å². The SMILES string of the molecule is C#Cc1ccc(C(N)(C=C)c2cncn2C)cc1Oc1ccc2ccccc2c1. The van der Waals surface area contributed by atoms with Crippen LogP contribution in [0.3, 0.4) is 0 Å². The van der Waals surface area contributed by atoms with Gasteiger partial charge in [0.1, 0.15) is 17.0 Å². The lowest BCUT2D eigenvalue weighted by atomic mass is 9.87. The second kappa shape index (κ2) is 7.31. The van der Waals surface area contributed by atoms with Gasteiger partial charge < -0.3 is 15.0 Å². The maximum atomic E-state index is 6.73. The molecule has 4 aromatic rings. The van der Waals surface area contributed by atoms with Crippen molar-refractivity contribution in [3.05, 3.63) is 103 Å². The quantitative estimate of drug-likeness (QED) is 0.403. The molecule has 4 rings (SSSR count). The molecular formula is C25H21N3O. The first kappa shape index (κ1) is 18.5. The van der Waals surface area contributed by atoms with E-state index >= 15 is 0 Å². The van der Waals surface area contributed by atoms with Crippen LogP contribution >= 0.6 is 0 Å². The minimum Gasteiger partial charge on any atom is -0.456 e. The van der Waals surface area contributed by atoms with Gasteiger partial charge in [-0.15, -0.1) is 13.0 Å². The van der Waals surface area contributed by atoms with Crippen molar-refractivity contribution in [1.29, 1.82) is 0 Å². The first-order valence-electron chi connectivity index (χ1n) is 9.22. The van der Waals surface area contributed by atoms with Crippen molar-refractivity contribution in [1.82, 2.24) is 9.55 Å². The largest absolute Gasteiger partial charge is 0.456 e. The van der Waals surface area contributed by atoms with E-state index in [1.165, 1.54) is 0 Å². The molecule has 0 saturated carbocycles. The van der Waals surface area contributed by atoms with Gasteiger partial charge in [0.15, 0.2) is 0 Å². The highest BCUT2D eigenvalue weighted by Crippen LogP contribution is 2.34. The summed E-state index contributed by atoms with van der Waals surface area (Å²) in [6.07, 6.45) is 10.9. The summed E-state index contributed by atoms with van der Waals surface area (Å²) in [6.45, 7) is 3.95. The minimum atomic E-state index is -0.931. The summed E-state index contributed by atoms with van der Waals surface area (Å²) in [5, 5.41) is 2.24. The molecule has 4 heteroatoms. The third-order valence-electron chi connectivity index (χ3n) is 5.13. The van der Waals surface area contributed by atoms with Crippen molar-refractivity contribution in [3.63, 3.8) is 0 Å². The van der Waals surface area contributed by atoms with Gasteiger partial charge in [0.25, 0.3) is 0 Å². The summed E-state index contributed by atoms with van der Waals surface area (Å²) in [4.78, 5) is 4.19. The molecule has 0 fully saturated rings. The molecule has 1 atom stereocenters. The van der Waals surface area contributed by atoms with Gasteiger partial charge in [-0.3, -0.25) is 0 Å². The van der Waals surface area contributed by atoms with Gasteiger partial charge in [-0.2, -0.15) is 0 Å². The zero-order valence-electron chi connectivity index (χ0n) is 16.2. The van der Waals surface area contributed by atoms with Crippen molar-refractivity contribution in [2.75, 3.05) is 0 Å². The van der Waals surface area contributed by atoms with Crippen LogP contribution in [0, 0.1) is 12.3 Å². The summed E-state index contributed by atoms with van der Waals surface area (Å²) in [7, 11) is 1.90. The average molecular weight is 379 g/mol. The highest BCUT2D eigenvalue weighted by atomic mass is 16.5. The Labute approximate surface area is 170 Å². The fraction of sp³-hybridized carbons (Fsp3) is 0.0800. The van der Waals surface area contributed by atoms with Crippen molar-refractivity contribution < 1.29 is 4.74 Å². The van der Waals surface area contributed by atoms with E-state index in [4.69, 9.17) is 16.9 Å². The zero-order valence-corrected chi connectivity index (χ0v) is 16.2. The molecule has 0 amide bonds. The fourth-order valence-corrected chi connectivity index (χ4v) is 3.47. The van der Waals surface area contributed by atoms with E-state index in [2.05, 4.69) is 23.5 Å². The first-order valence-corrected chi connectivity index (χ1v) is 9.22. The second-order valence-electron chi connectivity index (χ2n) is 6.93. The average Bonchev–Trinajstić information content (AvgIpc) is 3.19. The monoisotopic (exact) mass is 379 g/mol. The van der Waals surface area contributed by atoms with Crippen LogP contribution in [-0.2, 0) is 12.6 Å². The van der Waals surface area contributed by atoms with E-state index in [-0.39, 0.29) is 0 Å². The number of terminal acetylenes is 1. The van der Waals surface area contributed by atoms with Crippen LogP contribution in [0.5, 0.6) is 11.5 Å². The summed E-state index contributed by atoms with van der Waals surface area (Å²) < 4.78 is 8.06. The zero-order chi connectivity index (χ0) is 20.4. The van der Waals surface area contributed by atoms with Crippen LogP contribution in [0.1, 0.15) is 16.8 Å². The first-order chi connectivity index (χ1) is 14.0. The molecule has 4 nitrogen and oxygen atoms in total. The van der Waals surface area contributed by atoms with Crippen LogP contribution in [0.15, 0.2) is 85.8 Å². The Morgan fingerprint density at radius 2 is 1.93 bits per heavy atom. The fourth-order valence-electron chi connectivity index (χ4n) is 3.47. The number of imidazole rings is 1. The predicted octanol–water partition coefficient (Wildman–Crippen LogP) is 4.74. The summed E-state index contributed by atoms with van der Waals surface area (Å²) in [6, 6.07) is 19.7. The highest BCUT2D eigenvalue weighted by Gasteiger charge is 2.30. The predicted molar refractivity (Wildman–Crippen MR) is 117 cm³/mol. The number of nitrogens with zero attached hydrogens (tertiary/aromatic N) is 2. The molecule has 29 heavy (non-hydrogen) atoms. The lowest BCUT2D eigenvalue weighted by molar-refractivity contribution is 0.479. The second-order valence-corrected chi connectivity index (χ2v) is 6.93. The van der Waals surface area contributed by atoms with Gasteiger partial charge in [-0.05, 0) is 40.6 Å². The molecule has 142 valence electrons. The Morgan fingerprint density at radius 1 is 1.14 bits per heavy atom. The molecular weight excluding hydrogens is 358 g/mol. The van der Waals surface area contributed by atoms with Gasteiger partial charge in [0.2, 0.25) is 0 Å². The number of nitrogens with two attached hydrogens (primary N) is 1. The number of hydrogen-bond acceptors (Lipinski definition) is 3. The Hall–Kier alpha value is -3.81. The van der Waals surface area contributed by atoms with Crippen molar-refractivity contribution in [2.24, 2.45) is 12.8 Å². The normalized spacial score (nSPS) is 12.9. The molecule has 1 unspecified atom stereocenters. The number of aromatic nitrogens is 2. The number of rotatable bonds is 5. The number of ether oxygens (including phenoxy) is 1. The van der Waals surface area contributed by atoms with E-state index in [0.29, 0.717) is 17.1 Å². The Balaban J connectivity index is 1.78. The van der Waals surface area contributed by atoms with Crippen molar-refractivity contribution in [3.8, 4) is 23.8 Å². The number of aryl methyl sites for hydroxylation is 1. The summed E-state index contributed by atoms with van der Waals surface area (Å²) in [5.41, 5.74) is 8.08. The van der Waals surface area contributed by atoms with Crippen molar-refractivity contribution in [2.45, 2.75) is 5.54 Å². The van der Waals surface area contributed by atoms with Gasteiger partial charge >= 0.3 is 0 Å². The summed E-state index contributed by atoms with van der Waals surface area (Å²) >= 11 is 0. The lowest BCUT2D eigenvalue weighted by Gasteiger charge is -2.27. The Bertz CT molecular complexity index is 1250. The highest BCUT2D eigenvalue weighted by molar-refractivity contribution is 5.83. The van der Waals surface area contributed by atoms with E-state index < -0.39 is 5.54 Å². The molecule has 1 heterocycles. The molecule has 2 N–H and O–H groups in total. The molecule has 3 aromatic carbocycles. The van der Waals surface area contributed by atoms with Crippen LogP contribution in [-0.4, -0.2) is 9.55 Å². The number of benzene rings is 3. The van der Waals surface area contributed by atoms with Gasteiger partial charge in [0, 0.05) is 7.05 Å². The smallest absolute Gasteiger partial charge is 0.143 e. The number of hydrogen-bond donors (Lipinski definition) is 1. The molecule has 0 aliphatic rings. The van der Waals surface area contributed by atoms with E-state index in [9.17, 15) is 0 Å². The van der Waals surface area contributed by atoms with E-state index in [1.807, 2.05) is 66.2 Å². The Kier molecular flexibility index (Phi) is 4.67. The lowest BCUT2D eigenvalue weighted by Crippen LogP contribution is -2.37. The molecule has 0 radical (unpaired) electrons. The molecule has 0 aliphatic heterocycles. The summed E-state index contributed by atoms with van der Waals surface area (Å²) in [5.74, 6) is 3.96. The number of fused-ring (bicyclic) bond motifs is 1. The van der Waals surface area contributed by atoms with Gasteiger partial charge in [0.05, 0.1) is 23.8 Å². The van der Waals surface area contributed by atoms with E-state index in [1.54, 1.807) is 18.6 Å². The van der Waals surface area contributed by atoms with Crippen molar-refractivity contribution >= 4 is 10.8 Å². The standard InChI is InChI=1S/C25H21N3O/c1-4-18-10-12-21(25(26,5-2)24-16-27-17-28(24)3)15-23(18)29-22-13-11-19-8-6-7-9-20(19)14-22/h1,5-17H,2,26H2,3H3. The molecule has 0 bridgehead atoms. The maximum absolute atomic E-state index is 6.73. The van der Waals surface area contributed by atoms with Crippen LogP contribution < -0.4 is 10.5 Å². The third kappa shape index (κ3) is 3.29. The topological polar surface area (TPSA) is 53.1 Å². The molecule has 0 saturated heterocycles. The molecule has 0 aliphatic carbocycles. The maximum Gasteiger partial charge on any atom is 0.143 e. The van der Waals surface area contributed by atoms with Crippen LogP contribution in [0.2, 0.25) is 0 Å². The molecule has 0 spiro atoms. The molecule has 1 aromatic heterocycles. The van der Waals surface area contributed by atoms with Crippen LogP contribution in [0.25, 0.3) is 10.8 Å². The van der Waals surface area contributed by atoms with E-state index in [0.717, 1.165) is 22.0 Å². The van der Waals surface area contributed by atoms with Crippen LogP contribution in [0.4, 0.5) is 0 Å². The third-order valence-corrected chi connectivity index (χ3v) is 5.13. The van der Waals surface area contributed by atoms with Gasteiger partial charge in [-0.25, -0.2) is 4.98 Å².